The van der Waals surface area contributed by atoms with Crippen LogP contribution in [0.5, 0.6) is 0 Å². The highest BCUT2D eigenvalue weighted by Gasteiger charge is 2.73. The quantitative estimate of drug-likeness (QED) is 0.0761. The van der Waals surface area contributed by atoms with E-state index in [1.54, 1.807) is 26.0 Å². The second kappa shape index (κ2) is 18.1. The van der Waals surface area contributed by atoms with Gasteiger partial charge in [-0.15, -0.1) is 0 Å². The maximum absolute atomic E-state index is 17.5. The van der Waals surface area contributed by atoms with Crippen LogP contribution >= 0.6 is 0 Å². The van der Waals surface area contributed by atoms with E-state index in [0.717, 1.165) is 56.6 Å². The summed E-state index contributed by atoms with van der Waals surface area (Å²) in [6, 6.07) is 19.3. The largest absolute Gasteiger partial charge is 0.846 e. The summed E-state index contributed by atoms with van der Waals surface area (Å²) < 4.78 is 197. The summed E-state index contributed by atoms with van der Waals surface area (Å²) >= 11 is 0. The fourth-order valence-electron chi connectivity index (χ4n) is 9.29. The van der Waals surface area contributed by atoms with Crippen LogP contribution < -0.4 is 0 Å². The first-order chi connectivity index (χ1) is 32.8. The number of aromatic nitrogens is 1. The molecule has 376 valence electrons. The molecular formula is C51H45BF13N2O4+. The Morgan fingerprint density at radius 3 is 1.79 bits per heavy atom. The molecule has 0 N–H and O–H groups in total. The maximum Gasteiger partial charge on any atom is 0.846 e. The van der Waals surface area contributed by atoms with Crippen molar-refractivity contribution in [2.24, 2.45) is 0 Å². The van der Waals surface area contributed by atoms with Crippen LogP contribution in [0.4, 0.5) is 57.0 Å². The van der Waals surface area contributed by atoms with Crippen molar-refractivity contribution >= 4 is 36.1 Å². The van der Waals surface area contributed by atoms with E-state index >= 15 is 4.32 Å². The monoisotopic (exact) mass is 1010 g/mol. The van der Waals surface area contributed by atoms with Crippen LogP contribution in [0.1, 0.15) is 90.1 Å². The van der Waals surface area contributed by atoms with Crippen molar-refractivity contribution in [2.75, 3.05) is 13.2 Å². The molecule has 0 saturated heterocycles. The first kappa shape index (κ1) is 52.5. The Morgan fingerprint density at radius 2 is 1.24 bits per heavy atom. The van der Waals surface area contributed by atoms with Gasteiger partial charge < -0.3 is 9.47 Å². The zero-order valence-electron chi connectivity index (χ0n) is 39.4. The Kier molecular flexibility index (Phi) is 13.3. The number of aryl methyl sites for hydroxylation is 2. The molecule has 1 aliphatic carbocycles. The summed E-state index contributed by atoms with van der Waals surface area (Å²) in [6.07, 6.45) is 0.917. The summed E-state index contributed by atoms with van der Waals surface area (Å²) in [5, 5.41) is 0. The second-order valence-corrected chi connectivity index (χ2v) is 18.1. The van der Waals surface area contributed by atoms with Gasteiger partial charge in [-0.2, -0.15) is 39.5 Å². The topological polar surface area (TPSA) is 60.5 Å². The van der Waals surface area contributed by atoms with Crippen molar-refractivity contribution < 1.29 is 80.5 Å². The third-order valence-corrected chi connectivity index (χ3v) is 13.3. The molecule has 0 fully saturated rings. The summed E-state index contributed by atoms with van der Waals surface area (Å²) in [7, 11) is -2.49. The summed E-state index contributed by atoms with van der Waals surface area (Å²) in [5.74, 6) is -25.5. The van der Waals surface area contributed by atoms with Gasteiger partial charge in [-0.05, 0) is 128 Å². The van der Waals surface area contributed by atoms with Gasteiger partial charge in [0.25, 0.3) is 5.92 Å². The maximum atomic E-state index is 17.5. The zero-order valence-corrected chi connectivity index (χ0v) is 39.4. The predicted octanol–water partition coefficient (Wildman–Crippen LogP) is 13.7. The van der Waals surface area contributed by atoms with Gasteiger partial charge >= 0.3 is 43.1 Å². The summed E-state index contributed by atoms with van der Waals surface area (Å²) in [5.41, 5.74) is -0.404. The number of carbonyl (C=O) groups excluding carboxylic acids is 2. The summed E-state index contributed by atoms with van der Waals surface area (Å²) in [6.45, 7) is 3.15. The van der Waals surface area contributed by atoms with E-state index in [-0.39, 0.29) is 47.7 Å². The van der Waals surface area contributed by atoms with Gasteiger partial charge in [0.15, 0.2) is 24.6 Å². The molecule has 0 amide bonds. The lowest BCUT2D eigenvalue weighted by atomic mass is 9.82. The molecule has 71 heavy (non-hydrogen) atoms. The van der Waals surface area contributed by atoms with E-state index in [4.69, 9.17) is 4.74 Å². The normalized spacial score (nSPS) is 16.6. The fraction of sp³-hybridized carbons (Fsp3) is 0.353. The number of ether oxygens (including phenoxy) is 2. The number of esters is 2. The lowest BCUT2D eigenvalue weighted by molar-refractivity contribution is -0.359. The predicted molar refractivity (Wildman–Crippen MR) is 241 cm³/mol. The molecule has 0 bridgehead atoms. The molecule has 3 heterocycles. The van der Waals surface area contributed by atoms with Gasteiger partial charge in [0.1, 0.15) is 5.57 Å². The van der Waals surface area contributed by atoms with E-state index < -0.39 is 84.8 Å². The van der Waals surface area contributed by atoms with Crippen molar-refractivity contribution in [3.05, 3.63) is 141 Å². The molecule has 3 aliphatic rings. The lowest BCUT2D eigenvalue weighted by Crippen LogP contribution is -2.56. The molecule has 7 rings (SSSR count). The van der Waals surface area contributed by atoms with Crippen molar-refractivity contribution in [3.63, 3.8) is 0 Å². The number of hydrogen-bond donors (Lipinski definition) is 0. The average molecular weight is 1010 g/mol. The third kappa shape index (κ3) is 8.82. The minimum Gasteiger partial charge on any atom is -0.455 e. The van der Waals surface area contributed by atoms with Crippen LogP contribution in [0.2, 0.25) is 0 Å². The van der Waals surface area contributed by atoms with Crippen LogP contribution in [-0.4, -0.2) is 82.6 Å². The molecule has 20 heteroatoms. The molecule has 1 atom stereocenters. The smallest absolute Gasteiger partial charge is 0.455 e. The van der Waals surface area contributed by atoms with Gasteiger partial charge in [0, 0.05) is 25.1 Å². The Hall–Kier alpha value is -6.34. The van der Waals surface area contributed by atoms with E-state index in [9.17, 15) is 62.3 Å². The number of hydrogen-bond acceptors (Lipinski definition) is 4. The molecule has 1 unspecified atom stereocenters. The van der Waals surface area contributed by atoms with Gasteiger partial charge in [0.05, 0.1) is 16.8 Å². The minimum atomic E-state index is -6.73. The standard InChI is InChI=1S/C51H45BF13N2O4/c1-26-19-34(37-22-35(32-15-11-9-12-16-32)21-36(23-37)33-17-13-10-14-18-33)20-27(2)38(26)41-42-28(3)39(44(68)70-24-48(56,57)46(7,53)47(8,54)55)30(5)66(42)52(65)67-31(6)40(29(4)43(41)67)45(69)71-25-49(58,59)50(60,61)51(62,63)64/h9-13,15-17,19-23H,14,18,24-25H2,1-8H3/q+1. The Bertz CT molecular complexity index is 3000. The van der Waals surface area contributed by atoms with Crippen LogP contribution in [0.15, 0.2) is 95.7 Å². The highest BCUT2D eigenvalue weighted by Crippen LogP contribution is 2.49. The van der Waals surface area contributed by atoms with Crippen molar-refractivity contribution in [1.82, 2.24) is 4.48 Å². The Balaban J connectivity index is 1.42. The van der Waals surface area contributed by atoms with E-state index in [2.05, 4.69) is 16.9 Å². The van der Waals surface area contributed by atoms with Gasteiger partial charge in [-0.3, -0.25) is 4.48 Å². The van der Waals surface area contributed by atoms with Crippen LogP contribution in [0.25, 0.3) is 33.4 Å². The second-order valence-electron chi connectivity index (χ2n) is 18.1. The molecule has 0 radical (unpaired) electrons. The highest BCUT2D eigenvalue weighted by molar-refractivity contribution is 6.45. The minimum absolute atomic E-state index is 0.0406. The molecular weight excluding hydrogens is 962 g/mol. The highest BCUT2D eigenvalue weighted by atomic mass is 19.4. The molecule has 0 saturated carbocycles. The molecule has 2 aliphatic heterocycles. The van der Waals surface area contributed by atoms with Crippen molar-refractivity contribution in [3.8, 4) is 22.3 Å². The molecule has 4 aromatic rings. The first-order valence-electron chi connectivity index (χ1n) is 22.0. The number of allylic oxidation sites excluding steroid dienone is 5. The SMILES string of the molecule is CC1=C(C(=O)OCC(F)(F)C(C)(F)C(C)(F)F)C(C)=[N+]2B(F)n3c(C)c(C(=O)OCC(F)(F)C(F)(F)C(F)(F)F)c(C)c3C(c3c(C)cc(-c4cc(C5=CC=CCC5)cc(-c5ccccc5)c4)cc3C)=C12. The number of halogens is 13. The van der Waals surface area contributed by atoms with E-state index in [0.29, 0.717) is 22.3 Å². The van der Waals surface area contributed by atoms with Crippen LogP contribution in [0, 0.1) is 27.7 Å². The van der Waals surface area contributed by atoms with Gasteiger partial charge in [-0.25, -0.2) is 31.6 Å². The molecule has 0 spiro atoms. The third-order valence-electron chi connectivity index (χ3n) is 13.3. The fourth-order valence-corrected chi connectivity index (χ4v) is 9.29. The number of fused-ring (bicyclic) bond motifs is 2. The van der Waals surface area contributed by atoms with Gasteiger partial charge in [-0.1, -0.05) is 60.7 Å². The van der Waals surface area contributed by atoms with Crippen molar-refractivity contribution in [2.45, 2.75) is 104 Å². The lowest BCUT2D eigenvalue weighted by Gasteiger charge is -2.34. The van der Waals surface area contributed by atoms with E-state index in [1.165, 1.54) is 20.8 Å². The zero-order chi connectivity index (χ0) is 52.7. The molecule has 1 aromatic heterocycles. The summed E-state index contributed by atoms with van der Waals surface area (Å²) in [4.78, 5) is 27.4. The van der Waals surface area contributed by atoms with Crippen molar-refractivity contribution in [1.29, 1.82) is 0 Å². The molecule has 6 nitrogen and oxygen atoms in total. The van der Waals surface area contributed by atoms with Crippen LogP contribution in [-0.2, 0) is 14.3 Å². The number of nitrogens with zero attached hydrogens (tertiary/aromatic N) is 2. The Labute approximate surface area is 400 Å². The van der Waals surface area contributed by atoms with E-state index in [1.807, 2.05) is 54.6 Å². The Morgan fingerprint density at radius 1 is 0.704 bits per heavy atom. The first-order valence-corrected chi connectivity index (χ1v) is 22.0. The average Bonchev–Trinajstić information content (AvgIpc) is 3.72. The number of benzene rings is 3. The van der Waals surface area contributed by atoms with Crippen LogP contribution in [0.3, 0.4) is 0 Å². The van der Waals surface area contributed by atoms with Gasteiger partial charge in [0.2, 0.25) is 5.67 Å². The number of alkyl halides is 12. The number of rotatable bonds is 13. The molecule has 3 aromatic carbocycles. The number of carbonyl (C=O) groups is 2.